The van der Waals surface area contributed by atoms with Gasteiger partial charge in [0, 0.05) is 29.5 Å². The zero-order valence-corrected chi connectivity index (χ0v) is 13.9. The number of hydrogen-bond donors (Lipinski definition) is 1. The number of hydrogen-bond acceptors (Lipinski definition) is 5. The topological polar surface area (TPSA) is 36.4 Å². The first-order valence-electron chi connectivity index (χ1n) is 6.93. The van der Waals surface area contributed by atoms with Crippen LogP contribution >= 0.6 is 23.1 Å². The molecule has 19 heavy (non-hydrogen) atoms. The first-order valence-corrected chi connectivity index (χ1v) is 8.79. The van der Waals surface area contributed by atoms with Gasteiger partial charge in [-0.15, -0.1) is 0 Å². The Morgan fingerprint density at radius 3 is 2.68 bits per heavy atom. The van der Waals surface area contributed by atoms with Gasteiger partial charge in [-0.2, -0.15) is 11.8 Å². The van der Waals surface area contributed by atoms with Gasteiger partial charge in [-0.05, 0) is 6.42 Å². The summed E-state index contributed by atoms with van der Waals surface area (Å²) in [5.74, 6) is 1.18. The molecule has 2 heterocycles. The lowest BCUT2D eigenvalue weighted by molar-refractivity contribution is 0.282. The molecule has 1 aromatic rings. The molecule has 0 aliphatic carbocycles. The van der Waals surface area contributed by atoms with Crippen LogP contribution in [0.25, 0.3) is 0 Å². The number of aliphatic hydroxyl groups excluding tert-OH is 1. The van der Waals surface area contributed by atoms with E-state index in [1.165, 1.54) is 12.2 Å². The highest BCUT2D eigenvalue weighted by Crippen LogP contribution is 2.35. The highest BCUT2D eigenvalue weighted by molar-refractivity contribution is 8.00. The van der Waals surface area contributed by atoms with Gasteiger partial charge in [0.1, 0.15) is 0 Å². The highest BCUT2D eigenvalue weighted by atomic mass is 32.2. The molecule has 1 fully saturated rings. The maximum absolute atomic E-state index is 9.54. The fourth-order valence-corrected chi connectivity index (χ4v) is 4.65. The summed E-state index contributed by atoms with van der Waals surface area (Å²) in [6.07, 6.45) is 1.21. The van der Waals surface area contributed by atoms with Gasteiger partial charge in [-0.25, -0.2) is 4.98 Å². The molecule has 0 radical (unpaired) electrons. The summed E-state index contributed by atoms with van der Waals surface area (Å²) in [5, 5.41) is 11.3. The Morgan fingerprint density at radius 1 is 1.42 bits per heavy atom. The van der Waals surface area contributed by atoms with Gasteiger partial charge in [-0.3, -0.25) is 0 Å². The predicted molar refractivity (Wildman–Crippen MR) is 85.5 cm³/mol. The Hall–Kier alpha value is -0.260. The van der Waals surface area contributed by atoms with Crippen molar-refractivity contribution in [1.82, 2.24) is 4.98 Å². The molecule has 3 nitrogen and oxygen atoms in total. The predicted octanol–water partition coefficient (Wildman–Crippen LogP) is 3.26. The molecule has 1 unspecified atom stereocenters. The normalized spacial score (nSPS) is 20.9. The van der Waals surface area contributed by atoms with Crippen LogP contribution in [0.4, 0.5) is 5.13 Å². The van der Waals surface area contributed by atoms with Crippen molar-refractivity contribution in [3.05, 3.63) is 10.6 Å². The smallest absolute Gasteiger partial charge is 0.185 e. The number of nitrogens with zero attached hydrogens (tertiary/aromatic N) is 2. The quantitative estimate of drug-likeness (QED) is 0.929. The fourth-order valence-electron chi connectivity index (χ4n) is 2.31. The van der Waals surface area contributed by atoms with Crippen LogP contribution in [0.5, 0.6) is 0 Å². The van der Waals surface area contributed by atoms with Gasteiger partial charge >= 0.3 is 0 Å². The second-order valence-electron chi connectivity index (χ2n) is 6.02. The van der Waals surface area contributed by atoms with E-state index < -0.39 is 0 Å². The van der Waals surface area contributed by atoms with Crippen molar-refractivity contribution in [3.8, 4) is 0 Å². The molecule has 1 aliphatic rings. The summed E-state index contributed by atoms with van der Waals surface area (Å²) in [6, 6.07) is 0. The summed E-state index contributed by atoms with van der Waals surface area (Å²) >= 11 is 3.73. The molecule has 1 atom stereocenters. The van der Waals surface area contributed by atoms with E-state index >= 15 is 0 Å². The summed E-state index contributed by atoms with van der Waals surface area (Å²) < 4.78 is 0. The first-order chi connectivity index (χ1) is 8.95. The molecular weight excluding hydrogens is 276 g/mol. The van der Waals surface area contributed by atoms with Crippen molar-refractivity contribution in [2.24, 2.45) is 0 Å². The number of thioether (sulfide) groups is 1. The maximum atomic E-state index is 9.54. The second kappa shape index (κ2) is 6.02. The molecule has 5 heteroatoms. The Labute approximate surface area is 124 Å². The van der Waals surface area contributed by atoms with Crippen LogP contribution in [0.15, 0.2) is 0 Å². The van der Waals surface area contributed by atoms with Crippen LogP contribution in [-0.4, -0.2) is 34.2 Å². The second-order valence-corrected chi connectivity index (χ2v) is 8.49. The standard InChI is InChI=1S/C14H24N2OS2/c1-5-10-8-16(6-7-18-10)13-15-12(14(2,3)4)11(9-17)19-13/h10,17H,5-9H2,1-4H3. The lowest BCUT2D eigenvalue weighted by atomic mass is 9.91. The summed E-state index contributed by atoms with van der Waals surface area (Å²) in [7, 11) is 0. The molecule has 108 valence electrons. The zero-order valence-electron chi connectivity index (χ0n) is 12.3. The van der Waals surface area contributed by atoms with Gasteiger partial charge in [0.2, 0.25) is 0 Å². The van der Waals surface area contributed by atoms with Crippen LogP contribution in [0.3, 0.4) is 0 Å². The summed E-state index contributed by atoms with van der Waals surface area (Å²) in [6.45, 7) is 11.0. The van der Waals surface area contributed by atoms with Crippen molar-refractivity contribution < 1.29 is 5.11 Å². The number of rotatable bonds is 3. The van der Waals surface area contributed by atoms with Crippen LogP contribution in [0.1, 0.15) is 44.7 Å². The van der Waals surface area contributed by atoms with E-state index in [4.69, 9.17) is 4.98 Å². The fraction of sp³-hybridized carbons (Fsp3) is 0.786. The Bertz CT molecular complexity index is 426. The zero-order chi connectivity index (χ0) is 14.0. The first kappa shape index (κ1) is 15.1. The van der Waals surface area contributed by atoms with Crippen molar-refractivity contribution in [2.45, 2.75) is 51.4 Å². The minimum Gasteiger partial charge on any atom is -0.391 e. The number of aliphatic hydroxyl groups is 1. The molecule has 0 bridgehead atoms. The molecule has 0 saturated carbocycles. The van der Waals surface area contributed by atoms with E-state index in [1.54, 1.807) is 11.3 Å². The molecule has 0 aromatic carbocycles. The largest absolute Gasteiger partial charge is 0.391 e. The molecule has 1 aromatic heterocycles. The monoisotopic (exact) mass is 300 g/mol. The van der Waals surface area contributed by atoms with Crippen LogP contribution in [0, 0.1) is 0 Å². The third-order valence-corrected chi connectivity index (χ3v) is 5.88. The average molecular weight is 300 g/mol. The number of anilines is 1. The van der Waals surface area contributed by atoms with Gasteiger partial charge in [0.25, 0.3) is 0 Å². The Kier molecular flexibility index (Phi) is 4.79. The number of aromatic nitrogens is 1. The van der Waals surface area contributed by atoms with E-state index in [2.05, 4.69) is 44.4 Å². The van der Waals surface area contributed by atoms with Crippen molar-refractivity contribution in [3.63, 3.8) is 0 Å². The van der Waals surface area contributed by atoms with Gasteiger partial charge in [-0.1, -0.05) is 39.0 Å². The maximum Gasteiger partial charge on any atom is 0.185 e. The molecule has 1 N–H and O–H groups in total. The molecule has 1 saturated heterocycles. The van der Waals surface area contributed by atoms with E-state index in [-0.39, 0.29) is 12.0 Å². The van der Waals surface area contributed by atoms with Crippen molar-refractivity contribution in [1.29, 1.82) is 0 Å². The third kappa shape index (κ3) is 3.44. The third-order valence-electron chi connectivity index (χ3n) is 3.40. The Balaban J connectivity index is 2.23. The van der Waals surface area contributed by atoms with E-state index in [9.17, 15) is 5.11 Å². The molecule has 0 amide bonds. The average Bonchev–Trinajstić information content (AvgIpc) is 2.83. The SMILES string of the molecule is CCC1CN(c2nc(C(C)(C)C)c(CO)s2)CCS1. The summed E-state index contributed by atoms with van der Waals surface area (Å²) in [4.78, 5) is 8.23. The van der Waals surface area contributed by atoms with Crippen LogP contribution in [0.2, 0.25) is 0 Å². The molecule has 2 rings (SSSR count). The van der Waals surface area contributed by atoms with E-state index in [1.807, 2.05) is 0 Å². The van der Waals surface area contributed by atoms with E-state index in [0.717, 1.165) is 28.8 Å². The van der Waals surface area contributed by atoms with Gasteiger partial charge in [0.05, 0.1) is 17.2 Å². The minimum absolute atomic E-state index is 0.00150. The molecule has 1 aliphatic heterocycles. The van der Waals surface area contributed by atoms with Crippen molar-refractivity contribution >= 4 is 28.2 Å². The van der Waals surface area contributed by atoms with Crippen molar-refractivity contribution in [2.75, 3.05) is 23.7 Å². The van der Waals surface area contributed by atoms with Gasteiger partial charge in [0.15, 0.2) is 5.13 Å². The Morgan fingerprint density at radius 2 is 2.16 bits per heavy atom. The molecule has 0 spiro atoms. The summed E-state index contributed by atoms with van der Waals surface area (Å²) in [5.41, 5.74) is 1.06. The molecular formula is C14H24N2OS2. The lowest BCUT2D eigenvalue weighted by Gasteiger charge is -2.31. The van der Waals surface area contributed by atoms with Crippen LogP contribution < -0.4 is 4.90 Å². The van der Waals surface area contributed by atoms with E-state index in [0.29, 0.717) is 5.25 Å². The number of thiazole rings is 1. The van der Waals surface area contributed by atoms with Gasteiger partial charge < -0.3 is 10.0 Å². The minimum atomic E-state index is 0.00150. The lowest BCUT2D eigenvalue weighted by Crippen LogP contribution is -2.37. The highest BCUT2D eigenvalue weighted by Gasteiger charge is 2.27. The van der Waals surface area contributed by atoms with Crippen LogP contribution in [-0.2, 0) is 12.0 Å².